The summed E-state index contributed by atoms with van der Waals surface area (Å²) in [6.07, 6.45) is 3.24. The molecule has 0 amide bonds. The molecule has 4 rings (SSSR count). The number of para-hydroxylation sites is 1. The third kappa shape index (κ3) is 6.76. The van der Waals surface area contributed by atoms with Crippen LogP contribution >= 0.6 is 0 Å². The summed E-state index contributed by atoms with van der Waals surface area (Å²) < 4.78 is 9.11. The van der Waals surface area contributed by atoms with E-state index in [4.69, 9.17) is 4.43 Å². The molecule has 0 aliphatic rings. The van der Waals surface area contributed by atoms with Crippen molar-refractivity contribution in [3.63, 3.8) is 0 Å². The van der Waals surface area contributed by atoms with E-state index in [-0.39, 0.29) is 5.04 Å². The number of hydrogen-bond donors (Lipinski definition) is 0. The van der Waals surface area contributed by atoms with Gasteiger partial charge in [0.2, 0.25) is 0 Å². The van der Waals surface area contributed by atoms with Crippen molar-refractivity contribution in [1.29, 1.82) is 0 Å². The fourth-order valence-corrected chi connectivity index (χ4v) is 5.59. The zero-order chi connectivity index (χ0) is 25.6. The van der Waals surface area contributed by atoms with Gasteiger partial charge in [-0.25, -0.2) is 0 Å². The highest BCUT2D eigenvalue weighted by Crippen LogP contribution is 2.36. The van der Waals surface area contributed by atoms with E-state index in [2.05, 4.69) is 141 Å². The lowest BCUT2D eigenvalue weighted by molar-refractivity contribution is 0.130. The molecule has 1 heterocycles. The Morgan fingerprint density at radius 3 is 1.92 bits per heavy atom. The number of aromatic nitrogens is 1. The van der Waals surface area contributed by atoms with Gasteiger partial charge in [-0.1, -0.05) is 99.6 Å². The SMILES string of the molecule is CC(C)(C)[Si](C)(C)OCC[C@@H](Cn1ccc2ccccc21)N(Cc1ccccc1)Cc1ccccc1. The van der Waals surface area contributed by atoms with Crippen molar-refractivity contribution in [3.05, 3.63) is 108 Å². The Morgan fingerprint density at radius 2 is 1.33 bits per heavy atom. The number of rotatable bonds is 11. The third-order valence-corrected chi connectivity index (χ3v) is 12.3. The molecule has 3 nitrogen and oxygen atoms in total. The van der Waals surface area contributed by atoms with Crippen molar-refractivity contribution in [2.24, 2.45) is 0 Å². The van der Waals surface area contributed by atoms with Crippen LogP contribution in [0.15, 0.2) is 97.2 Å². The average Bonchev–Trinajstić information content (AvgIpc) is 3.26. The first-order chi connectivity index (χ1) is 17.2. The Kier molecular flexibility index (Phi) is 8.50. The number of hydrogen-bond acceptors (Lipinski definition) is 2. The van der Waals surface area contributed by atoms with E-state index >= 15 is 0 Å². The monoisotopic (exact) mass is 498 g/mol. The summed E-state index contributed by atoms with van der Waals surface area (Å²) in [7, 11) is -1.80. The lowest BCUT2D eigenvalue weighted by Gasteiger charge is -2.38. The number of nitrogens with zero attached hydrogens (tertiary/aromatic N) is 2. The second-order valence-electron chi connectivity index (χ2n) is 11.5. The number of fused-ring (bicyclic) bond motifs is 1. The van der Waals surface area contributed by atoms with Crippen molar-refractivity contribution >= 4 is 19.2 Å². The molecule has 0 saturated heterocycles. The molecule has 3 aromatic carbocycles. The van der Waals surface area contributed by atoms with Crippen molar-refractivity contribution in [2.75, 3.05) is 6.61 Å². The van der Waals surface area contributed by atoms with Crippen LogP contribution in [0.25, 0.3) is 10.9 Å². The van der Waals surface area contributed by atoms with E-state index in [0.29, 0.717) is 6.04 Å². The Hall–Kier alpha value is -2.66. The fourth-order valence-electron chi connectivity index (χ4n) is 4.53. The average molecular weight is 499 g/mol. The van der Waals surface area contributed by atoms with Crippen LogP contribution in [0.4, 0.5) is 0 Å². The van der Waals surface area contributed by atoms with Crippen molar-refractivity contribution in [1.82, 2.24) is 9.47 Å². The molecule has 4 aromatic rings. The Labute approximate surface area is 218 Å². The van der Waals surface area contributed by atoms with Crippen LogP contribution in [-0.4, -0.2) is 30.4 Å². The molecule has 0 aliphatic carbocycles. The highest BCUT2D eigenvalue weighted by Gasteiger charge is 2.37. The van der Waals surface area contributed by atoms with E-state index in [1.54, 1.807) is 0 Å². The second kappa shape index (κ2) is 11.6. The van der Waals surface area contributed by atoms with Crippen LogP contribution < -0.4 is 0 Å². The van der Waals surface area contributed by atoms with Gasteiger partial charge in [-0.2, -0.15) is 0 Å². The molecule has 1 atom stereocenters. The first-order valence-electron chi connectivity index (χ1n) is 13.2. The molecule has 0 spiro atoms. The molecule has 4 heteroatoms. The quantitative estimate of drug-likeness (QED) is 0.194. The topological polar surface area (TPSA) is 17.4 Å². The van der Waals surface area contributed by atoms with Gasteiger partial charge in [0.05, 0.1) is 0 Å². The lowest BCUT2D eigenvalue weighted by Crippen LogP contribution is -2.43. The predicted molar refractivity (Wildman–Crippen MR) is 156 cm³/mol. The van der Waals surface area contributed by atoms with E-state index in [1.165, 1.54) is 22.0 Å². The fraction of sp³-hybridized carbons (Fsp3) is 0.375. The highest BCUT2D eigenvalue weighted by molar-refractivity contribution is 6.74. The summed E-state index contributed by atoms with van der Waals surface area (Å²) in [4.78, 5) is 2.65. The van der Waals surface area contributed by atoms with Gasteiger partial charge in [0.25, 0.3) is 0 Å². The zero-order valence-electron chi connectivity index (χ0n) is 22.7. The molecule has 0 unspecified atom stereocenters. The van der Waals surface area contributed by atoms with Crippen molar-refractivity contribution in [2.45, 2.75) is 71.0 Å². The minimum absolute atomic E-state index is 0.215. The van der Waals surface area contributed by atoms with Crippen molar-refractivity contribution in [3.8, 4) is 0 Å². The maximum atomic E-state index is 6.68. The van der Waals surface area contributed by atoms with Gasteiger partial charge < -0.3 is 8.99 Å². The van der Waals surface area contributed by atoms with Crippen LogP contribution in [-0.2, 0) is 24.1 Å². The minimum Gasteiger partial charge on any atom is -0.417 e. The van der Waals surface area contributed by atoms with Gasteiger partial charge in [0.1, 0.15) is 0 Å². The largest absolute Gasteiger partial charge is 0.417 e. The first kappa shape index (κ1) is 26.4. The van der Waals surface area contributed by atoms with Crippen molar-refractivity contribution < 1.29 is 4.43 Å². The molecule has 0 aliphatic heterocycles. The van der Waals surface area contributed by atoms with Gasteiger partial charge in [-0.15, -0.1) is 0 Å². The summed E-state index contributed by atoms with van der Waals surface area (Å²) in [6.45, 7) is 15.2. The molecule has 0 N–H and O–H groups in total. The zero-order valence-corrected chi connectivity index (χ0v) is 23.7. The normalized spacial score (nSPS) is 13.4. The van der Waals surface area contributed by atoms with Crippen LogP contribution in [0.5, 0.6) is 0 Å². The third-order valence-electron chi connectivity index (χ3n) is 7.78. The Bertz CT molecular complexity index is 1170. The second-order valence-corrected chi connectivity index (χ2v) is 16.3. The molecular formula is C32H42N2OSi. The summed E-state index contributed by atoms with van der Waals surface area (Å²) in [5.41, 5.74) is 3.99. The van der Waals surface area contributed by atoms with E-state index in [1.807, 2.05) is 0 Å². The van der Waals surface area contributed by atoms with Crippen LogP contribution in [0, 0.1) is 0 Å². The van der Waals surface area contributed by atoms with E-state index in [9.17, 15) is 0 Å². The van der Waals surface area contributed by atoms with Gasteiger partial charge in [-0.3, -0.25) is 4.90 Å². The maximum Gasteiger partial charge on any atom is 0.191 e. The standard InChI is InChI=1S/C32H42N2OSi/c1-32(2,3)36(4,5)35-23-21-30(26-33-22-20-29-18-12-13-19-31(29)33)34(24-27-14-8-6-9-15-27)25-28-16-10-7-11-17-28/h6-20,22,30H,21,23-26H2,1-5H3/t30-/m0/s1. The summed E-state index contributed by atoms with van der Waals surface area (Å²) in [5.74, 6) is 0. The molecular weight excluding hydrogens is 456 g/mol. The Morgan fingerprint density at radius 1 is 0.778 bits per heavy atom. The highest BCUT2D eigenvalue weighted by atomic mass is 28.4. The van der Waals surface area contributed by atoms with Crippen LogP contribution in [0.3, 0.4) is 0 Å². The molecule has 0 bridgehead atoms. The van der Waals surface area contributed by atoms with E-state index < -0.39 is 8.32 Å². The summed E-state index contributed by atoms with van der Waals surface area (Å²) in [6, 6.07) is 33.0. The molecule has 0 radical (unpaired) electrons. The van der Waals surface area contributed by atoms with Gasteiger partial charge in [0, 0.05) is 44.0 Å². The van der Waals surface area contributed by atoms with Gasteiger partial charge in [-0.05, 0) is 53.2 Å². The minimum atomic E-state index is -1.80. The molecule has 0 saturated carbocycles. The molecule has 0 fully saturated rings. The number of benzene rings is 3. The van der Waals surface area contributed by atoms with E-state index in [0.717, 1.165) is 32.7 Å². The maximum absolute atomic E-state index is 6.68. The molecule has 36 heavy (non-hydrogen) atoms. The first-order valence-corrected chi connectivity index (χ1v) is 16.1. The summed E-state index contributed by atoms with van der Waals surface area (Å²) >= 11 is 0. The predicted octanol–water partition coefficient (Wildman–Crippen LogP) is 8.12. The van der Waals surface area contributed by atoms with Gasteiger partial charge >= 0.3 is 0 Å². The van der Waals surface area contributed by atoms with Crippen LogP contribution in [0.2, 0.25) is 18.1 Å². The molecule has 190 valence electrons. The summed E-state index contributed by atoms with van der Waals surface area (Å²) in [5, 5.41) is 1.51. The molecule has 1 aromatic heterocycles. The smallest absolute Gasteiger partial charge is 0.191 e. The van der Waals surface area contributed by atoms with Gasteiger partial charge in [0.15, 0.2) is 8.32 Å². The Balaban J connectivity index is 1.62. The lowest BCUT2D eigenvalue weighted by atomic mass is 10.1. The van der Waals surface area contributed by atoms with Crippen LogP contribution in [0.1, 0.15) is 38.3 Å².